The number of benzene rings is 1. The fourth-order valence-electron chi connectivity index (χ4n) is 3.90. The summed E-state index contributed by atoms with van der Waals surface area (Å²) in [5.41, 5.74) is 5.09. The highest BCUT2D eigenvalue weighted by Crippen LogP contribution is 2.32. The van der Waals surface area contributed by atoms with Gasteiger partial charge >= 0.3 is 0 Å². The van der Waals surface area contributed by atoms with Gasteiger partial charge in [-0.25, -0.2) is 8.42 Å². The summed E-state index contributed by atoms with van der Waals surface area (Å²) in [7, 11) is -3.49. The first kappa shape index (κ1) is 20.1. The van der Waals surface area contributed by atoms with E-state index in [1.165, 1.54) is 5.56 Å². The molecule has 0 aliphatic carbocycles. The highest BCUT2D eigenvalue weighted by atomic mass is 32.2. The lowest BCUT2D eigenvalue weighted by Gasteiger charge is -2.34. The van der Waals surface area contributed by atoms with Crippen LogP contribution in [0.5, 0.6) is 0 Å². The first-order valence-corrected chi connectivity index (χ1v) is 10.9. The van der Waals surface area contributed by atoms with Gasteiger partial charge in [0.05, 0.1) is 11.4 Å². The third kappa shape index (κ3) is 3.71. The molecule has 1 aromatic carbocycles. The Bertz CT molecular complexity index is 923. The van der Waals surface area contributed by atoms with Crippen molar-refractivity contribution in [2.24, 2.45) is 0 Å². The molecular formula is C21H30N2O3S. The maximum Gasteiger partial charge on any atom is 0.243 e. The Hall–Kier alpha value is -1.63. The van der Waals surface area contributed by atoms with Crippen molar-refractivity contribution in [3.63, 3.8) is 0 Å². The van der Waals surface area contributed by atoms with Gasteiger partial charge < -0.3 is 4.42 Å². The van der Waals surface area contributed by atoms with E-state index in [9.17, 15) is 8.42 Å². The van der Waals surface area contributed by atoms with Gasteiger partial charge in [0.2, 0.25) is 10.0 Å². The summed E-state index contributed by atoms with van der Waals surface area (Å²) >= 11 is 0. The van der Waals surface area contributed by atoms with Crippen LogP contribution in [0.25, 0.3) is 0 Å². The Kier molecular flexibility index (Phi) is 5.52. The zero-order chi connectivity index (χ0) is 19.9. The van der Waals surface area contributed by atoms with Gasteiger partial charge in [0.25, 0.3) is 0 Å². The minimum atomic E-state index is -3.49. The van der Waals surface area contributed by atoms with Crippen LogP contribution in [0, 0.1) is 41.5 Å². The lowest BCUT2D eigenvalue weighted by Crippen LogP contribution is -2.48. The number of piperazine rings is 1. The lowest BCUT2D eigenvalue weighted by molar-refractivity contribution is 0.170. The molecule has 1 aromatic heterocycles. The summed E-state index contributed by atoms with van der Waals surface area (Å²) in [5, 5.41) is 0. The third-order valence-corrected chi connectivity index (χ3v) is 8.21. The molecule has 5 nitrogen and oxygen atoms in total. The van der Waals surface area contributed by atoms with Crippen LogP contribution in [-0.4, -0.2) is 43.8 Å². The largest absolute Gasteiger partial charge is 0.465 e. The quantitative estimate of drug-likeness (QED) is 0.800. The Morgan fingerprint density at radius 1 is 0.815 bits per heavy atom. The average molecular weight is 391 g/mol. The van der Waals surface area contributed by atoms with Crippen LogP contribution < -0.4 is 0 Å². The van der Waals surface area contributed by atoms with Crippen molar-refractivity contribution >= 4 is 10.0 Å². The van der Waals surface area contributed by atoms with Crippen molar-refractivity contribution in [2.75, 3.05) is 26.2 Å². The van der Waals surface area contributed by atoms with Gasteiger partial charge in [-0.2, -0.15) is 4.31 Å². The number of furan rings is 1. The van der Waals surface area contributed by atoms with Gasteiger partial charge in [-0.3, -0.25) is 4.90 Å². The van der Waals surface area contributed by atoms with Crippen molar-refractivity contribution in [2.45, 2.75) is 53.0 Å². The number of hydrogen-bond acceptors (Lipinski definition) is 4. The second-order valence-electron chi connectivity index (χ2n) is 7.65. The molecule has 2 heterocycles. The molecule has 27 heavy (non-hydrogen) atoms. The normalized spacial score (nSPS) is 16.8. The monoisotopic (exact) mass is 390 g/mol. The summed E-state index contributed by atoms with van der Waals surface area (Å²) < 4.78 is 34.1. The Labute approximate surface area is 163 Å². The van der Waals surface area contributed by atoms with E-state index >= 15 is 0 Å². The Balaban J connectivity index is 1.80. The maximum atomic E-state index is 13.4. The zero-order valence-electron chi connectivity index (χ0n) is 17.2. The first-order valence-electron chi connectivity index (χ1n) is 9.47. The van der Waals surface area contributed by atoms with Crippen LogP contribution in [0.4, 0.5) is 0 Å². The molecular weight excluding hydrogens is 360 g/mol. The second-order valence-corrected chi connectivity index (χ2v) is 9.52. The highest BCUT2D eigenvalue weighted by molar-refractivity contribution is 7.89. The zero-order valence-corrected chi connectivity index (χ0v) is 18.0. The number of hydrogen-bond donors (Lipinski definition) is 0. The minimum absolute atomic E-state index is 0.498. The van der Waals surface area contributed by atoms with Crippen molar-refractivity contribution in [3.05, 3.63) is 51.5 Å². The summed E-state index contributed by atoms with van der Waals surface area (Å²) in [6, 6.07) is 3.95. The number of rotatable bonds is 4. The van der Waals surface area contributed by atoms with Crippen molar-refractivity contribution < 1.29 is 12.8 Å². The third-order valence-electron chi connectivity index (χ3n) is 6.04. The smallest absolute Gasteiger partial charge is 0.243 e. The van der Waals surface area contributed by atoms with Gasteiger partial charge in [-0.15, -0.1) is 0 Å². The molecule has 0 saturated carbocycles. The molecule has 0 radical (unpaired) electrons. The first-order chi connectivity index (χ1) is 12.6. The molecule has 0 spiro atoms. The molecule has 0 amide bonds. The van der Waals surface area contributed by atoms with Crippen LogP contribution in [0.3, 0.4) is 0 Å². The van der Waals surface area contributed by atoms with Crippen LogP contribution >= 0.6 is 0 Å². The van der Waals surface area contributed by atoms with Gasteiger partial charge in [0, 0.05) is 26.2 Å². The second kappa shape index (κ2) is 7.41. The Morgan fingerprint density at radius 3 is 1.81 bits per heavy atom. The summed E-state index contributed by atoms with van der Waals surface area (Å²) in [6.45, 7) is 15.0. The molecule has 1 saturated heterocycles. The van der Waals surface area contributed by atoms with Gasteiger partial charge in [-0.05, 0) is 81.5 Å². The van der Waals surface area contributed by atoms with Crippen LogP contribution in [0.1, 0.15) is 39.3 Å². The molecule has 148 valence electrons. The van der Waals surface area contributed by atoms with Gasteiger partial charge in [-0.1, -0.05) is 0 Å². The molecule has 2 aromatic rings. The van der Waals surface area contributed by atoms with Crippen molar-refractivity contribution in [1.82, 2.24) is 9.21 Å². The molecule has 1 fully saturated rings. The number of nitrogens with zero attached hydrogens (tertiary/aromatic N) is 2. The van der Waals surface area contributed by atoms with E-state index in [-0.39, 0.29) is 0 Å². The van der Waals surface area contributed by atoms with Gasteiger partial charge in [0.15, 0.2) is 0 Å². The van der Waals surface area contributed by atoms with Crippen molar-refractivity contribution in [1.29, 1.82) is 0 Å². The van der Waals surface area contributed by atoms with Crippen LogP contribution in [-0.2, 0) is 16.6 Å². The van der Waals surface area contributed by atoms with Crippen molar-refractivity contribution in [3.8, 4) is 0 Å². The van der Waals surface area contributed by atoms with E-state index < -0.39 is 10.0 Å². The molecule has 0 atom stereocenters. The van der Waals surface area contributed by atoms with E-state index in [1.54, 1.807) is 4.31 Å². The Morgan fingerprint density at radius 2 is 1.33 bits per heavy atom. The molecule has 1 aliphatic heterocycles. The van der Waals surface area contributed by atoms with E-state index in [4.69, 9.17) is 4.42 Å². The summed E-state index contributed by atoms with van der Waals surface area (Å²) in [4.78, 5) is 2.74. The SMILES string of the molecule is Cc1ccc(CN2CCN(S(=O)(=O)c3c(C)c(C)c(C)c(C)c3C)CC2)o1. The topological polar surface area (TPSA) is 53.8 Å². The number of sulfonamides is 1. The van der Waals surface area contributed by atoms with E-state index in [2.05, 4.69) is 11.8 Å². The predicted octanol–water partition coefficient (Wildman–Crippen LogP) is 3.64. The molecule has 6 heteroatoms. The molecule has 3 rings (SSSR count). The molecule has 0 bridgehead atoms. The average Bonchev–Trinajstić information content (AvgIpc) is 3.03. The van der Waals surface area contributed by atoms with E-state index in [1.807, 2.05) is 46.8 Å². The van der Waals surface area contributed by atoms with Crippen LogP contribution in [0.15, 0.2) is 21.4 Å². The van der Waals surface area contributed by atoms with E-state index in [0.717, 1.165) is 40.3 Å². The summed E-state index contributed by atoms with van der Waals surface area (Å²) in [5.74, 6) is 1.84. The molecule has 1 aliphatic rings. The highest BCUT2D eigenvalue weighted by Gasteiger charge is 2.32. The predicted molar refractivity (Wildman–Crippen MR) is 108 cm³/mol. The standard InChI is InChI=1S/C21H30N2O3S/c1-14-7-8-20(26-14)13-22-9-11-23(12-10-22)27(24,25)21-18(5)16(3)15(2)17(4)19(21)6/h7-8H,9-13H2,1-6H3. The number of aryl methyl sites for hydroxylation is 1. The van der Waals surface area contributed by atoms with E-state index in [0.29, 0.717) is 31.1 Å². The summed E-state index contributed by atoms with van der Waals surface area (Å²) in [6.07, 6.45) is 0. The lowest BCUT2D eigenvalue weighted by atomic mass is 9.95. The fourth-order valence-corrected chi connectivity index (χ4v) is 5.88. The molecule has 0 unspecified atom stereocenters. The van der Waals surface area contributed by atoms with Gasteiger partial charge in [0.1, 0.15) is 11.5 Å². The van der Waals surface area contributed by atoms with Crippen LogP contribution in [0.2, 0.25) is 0 Å². The minimum Gasteiger partial charge on any atom is -0.465 e. The molecule has 0 N–H and O–H groups in total. The maximum absolute atomic E-state index is 13.4. The fraction of sp³-hybridized carbons (Fsp3) is 0.524.